The Morgan fingerprint density at radius 3 is 2.80 bits per heavy atom. The summed E-state index contributed by atoms with van der Waals surface area (Å²) in [5.74, 6) is -0.657. The van der Waals surface area contributed by atoms with E-state index in [1.165, 1.54) is 24.6 Å². The number of carbonyl (C=O) groups excluding carboxylic acids is 1. The highest BCUT2D eigenvalue weighted by Crippen LogP contribution is 2.22. The number of likely N-dealkylation sites (tertiary alicyclic amines) is 1. The molecule has 0 radical (unpaired) electrons. The first-order valence-corrected chi connectivity index (χ1v) is 9.04. The van der Waals surface area contributed by atoms with Gasteiger partial charge >= 0.3 is 0 Å². The van der Waals surface area contributed by atoms with E-state index >= 15 is 0 Å². The Morgan fingerprint density at radius 1 is 1.28 bits per heavy atom. The number of hydrogen-bond acceptors (Lipinski definition) is 4. The number of amides is 1. The van der Waals surface area contributed by atoms with Crippen LogP contribution in [0.2, 0.25) is 0 Å². The molecule has 2 fully saturated rings. The standard InChI is InChI=1S/C18H26F2N4O/c19-15-4-1-5-16(20)14(15)6-8-21-18(25)12-24-10-2-3-13(11-24)17-7-9-22-23-17/h1,4-5,13,17,22-23H,2-3,6-12H2,(H,21,25). The number of piperidine rings is 1. The van der Waals surface area contributed by atoms with E-state index in [1.54, 1.807) is 0 Å². The summed E-state index contributed by atoms with van der Waals surface area (Å²) in [6, 6.07) is 4.30. The number of hydrogen-bond donors (Lipinski definition) is 3. The van der Waals surface area contributed by atoms with Crippen molar-refractivity contribution in [2.24, 2.45) is 5.92 Å². The summed E-state index contributed by atoms with van der Waals surface area (Å²) >= 11 is 0. The molecule has 2 atom stereocenters. The minimum Gasteiger partial charge on any atom is -0.355 e. The molecule has 0 aromatic heterocycles. The monoisotopic (exact) mass is 352 g/mol. The average molecular weight is 352 g/mol. The predicted octanol–water partition coefficient (Wildman–Crippen LogP) is 1.20. The topological polar surface area (TPSA) is 56.4 Å². The Morgan fingerprint density at radius 2 is 2.08 bits per heavy atom. The molecule has 0 saturated carbocycles. The summed E-state index contributed by atoms with van der Waals surface area (Å²) in [7, 11) is 0. The lowest BCUT2D eigenvalue weighted by molar-refractivity contribution is -0.122. The van der Waals surface area contributed by atoms with Gasteiger partial charge in [-0.2, -0.15) is 0 Å². The summed E-state index contributed by atoms with van der Waals surface area (Å²) in [6.45, 7) is 3.41. The molecule has 1 amide bonds. The second-order valence-corrected chi connectivity index (χ2v) is 6.90. The maximum absolute atomic E-state index is 13.6. The van der Waals surface area contributed by atoms with Crippen molar-refractivity contribution in [3.05, 3.63) is 35.4 Å². The van der Waals surface area contributed by atoms with Crippen molar-refractivity contribution in [2.45, 2.75) is 31.7 Å². The Hall–Kier alpha value is -1.57. The van der Waals surface area contributed by atoms with Gasteiger partial charge in [0.2, 0.25) is 5.91 Å². The van der Waals surface area contributed by atoms with Gasteiger partial charge in [0.15, 0.2) is 0 Å². The molecule has 0 aliphatic carbocycles. The van der Waals surface area contributed by atoms with Gasteiger partial charge in [0, 0.05) is 31.2 Å². The second kappa shape index (κ2) is 8.69. The third-order valence-electron chi connectivity index (χ3n) is 5.10. The fourth-order valence-electron chi connectivity index (χ4n) is 3.78. The normalized spacial score (nSPS) is 24.4. The highest BCUT2D eigenvalue weighted by atomic mass is 19.1. The largest absolute Gasteiger partial charge is 0.355 e. The molecule has 5 nitrogen and oxygen atoms in total. The van der Waals surface area contributed by atoms with Gasteiger partial charge in [0.05, 0.1) is 6.54 Å². The summed E-state index contributed by atoms with van der Waals surface area (Å²) < 4.78 is 27.1. The molecule has 2 saturated heterocycles. The van der Waals surface area contributed by atoms with Crippen LogP contribution in [0.15, 0.2) is 18.2 Å². The second-order valence-electron chi connectivity index (χ2n) is 6.90. The molecule has 2 aliphatic rings. The van der Waals surface area contributed by atoms with Gasteiger partial charge in [-0.25, -0.2) is 8.78 Å². The van der Waals surface area contributed by atoms with Gasteiger partial charge < -0.3 is 5.32 Å². The number of halogens is 2. The van der Waals surface area contributed by atoms with Gasteiger partial charge in [0.1, 0.15) is 11.6 Å². The first kappa shape index (κ1) is 18.2. The first-order valence-electron chi connectivity index (χ1n) is 9.04. The number of nitrogens with zero attached hydrogens (tertiary/aromatic N) is 1. The molecule has 2 heterocycles. The quantitative estimate of drug-likeness (QED) is 0.720. The molecule has 0 spiro atoms. The Bertz CT molecular complexity index is 572. The number of hydrazine groups is 1. The third kappa shape index (κ3) is 4.96. The zero-order chi connectivity index (χ0) is 17.6. The van der Waals surface area contributed by atoms with Crippen molar-refractivity contribution in [1.29, 1.82) is 0 Å². The molecular formula is C18H26F2N4O. The van der Waals surface area contributed by atoms with Crippen molar-refractivity contribution >= 4 is 5.91 Å². The number of rotatable bonds is 6. The van der Waals surface area contributed by atoms with Crippen molar-refractivity contribution in [3.63, 3.8) is 0 Å². The minimum absolute atomic E-state index is 0.0284. The fourth-order valence-corrected chi connectivity index (χ4v) is 3.78. The predicted molar refractivity (Wildman–Crippen MR) is 91.8 cm³/mol. The van der Waals surface area contributed by atoms with Gasteiger partial charge in [-0.3, -0.25) is 20.5 Å². The zero-order valence-corrected chi connectivity index (χ0v) is 14.4. The molecule has 2 unspecified atom stereocenters. The van der Waals surface area contributed by atoms with Crippen LogP contribution in [0.5, 0.6) is 0 Å². The average Bonchev–Trinajstić information content (AvgIpc) is 3.12. The third-order valence-corrected chi connectivity index (χ3v) is 5.10. The van der Waals surface area contributed by atoms with Crippen LogP contribution >= 0.6 is 0 Å². The van der Waals surface area contributed by atoms with E-state index in [2.05, 4.69) is 21.1 Å². The molecule has 3 rings (SSSR count). The van der Waals surface area contributed by atoms with Crippen molar-refractivity contribution in [1.82, 2.24) is 21.1 Å². The van der Waals surface area contributed by atoms with E-state index in [1.807, 2.05) is 0 Å². The summed E-state index contributed by atoms with van der Waals surface area (Å²) in [4.78, 5) is 14.3. The van der Waals surface area contributed by atoms with Gasteiger partial charge in [-0.05, 0) is 50.3 Å². The Balaban J connectivity index is 1.41. The van der Waals surface area contributed by atoms with E-state index in [-0.39, 0.29) is 24.4 Å². The molecule has 7 heteroatoms. The van der Waals surface area contributed by atoms with Crippen LogP contribution in [0.25, 0.3) is 0 Å². The lowest BCUT2D eigenvalue weighted by Gasteiger charge is -2.35. The number of benzene rings is 1. The van der Waals surface area contributed by atoms with E-state index in [4.69, 9.17) is 0 Å². The highest BCUT2D eigenvalue weighted by Gasteiger charge is 2.29. The molecule has 1 aromatic carbocycles. The van der Waals surface area contributed by atoms with E-state index in [9.17, 15) is 13.6 Å². The molecule has 3 N–H and O–H groups in total. The van der Waals surface area contributed by atoms with Crippen LogP contribution in [0, 0.1) is 17.6 Å². The number of nitrogens with one attached hydrogen (secondary N) is 3. The summed E-state index contributed by atoms with van der Waals surface area (Å²) in [5, 5.41) is 2.78. The van der Waals surface area contributed by atoms with Crippen molar-refractivity contribution in [3.8, 4) is 0 Å². The van der Waals surface area contributed by atoms with E-state index in [0.29, 0.717) is 18.5 Å². The molecular weight excluding hydrogens is 326 g/mol. The first-order chi connectivity index (χ1) is 12.1. The SMILES string of the molecule is O=C(CN1CCCC(C2CCNN2)C1)NCCc1c(F)cccc1F. The van der Waals surface area contributed by atoms with Crippen LogP contribution in [-0.2, 0) is 11.2 Å². The summed E-state index contributed by atoms with van der Waals surface area (Å²) in [5.41, 5.74) is 6.51. The fraction of sp³-hybridized carbons (Fsp3) is 0.611. The Labute approximate surface area is 147 Å². The van der Waals surface area contributed by atoms with Crippen molar-refractivity contribution < 1.29 is 13.6 Å². The van der Waals surface area contributed by atoms with Gasteiger partial charge in [-0.1, -0.05) is 6.07 Å². The molecule has 138 valence electrons. The van der Waals surface area contributed by atoms with Crippen molar-refractivity contribution in [2.75, 3.05) is 32.7 Å². The lowest BCUT2D eigenvalue weighted by Crippen LogP contribution is -2.48. The maximum atomic E-state index is 13.6. The van der Waals surface area contributed by atoms with Gasteiger partial charge in [-0.15, -0.1) is 0 Å². The Kier molecular flexibility index (Phi) is 6.34. The molecule has 1 aromatic rings. The highest BCUT2D eigenvalue weighted by molar-refractivity contribution is 5.78. The van der Waals surface area contributed by atoms with Crippen LogP contribution in [0.1, 0.15) is 24.8 Å². The molecule has 25 heavy (non-hydrogen) atoms. The molecule has 2 aliphatic heterocycles. The summed E-state index contributed by atoms with van der Waals surface area (Å²) in [6.07, 6.45) is 3.56. The molecule has 0 bridgehead atoms. The lowest BCUT2D eigenvalue weighted by atomic mass is 9.90. The van der Waals surface area contributed by atoms with E-state index < -0.39 is 11.6 Å². The maximum Gasteiger partial charge on any atom is 0.234 e. The van der Waals surface area contributed by atoms with Crippen LogP contribution < -0.4 is 16.2 Å². The minimum atomic E-state index is -0.564. The van der Waals surface area contributed by atoms with Crippen LogP contribution in [0.4, 0.5) is 8.78 Å². The van der Waals surface area contributed by atoms with Gasteiger partial charge in [0.25, 0.3) is 0 Å². The zero-order valence-electron chi connectivity index (χ0n) is 14.4. The van der Waals surface area contributed by atoms with E-state index in [0.717, 1.165) is 32.5 Å². The van der Waals surface area contributed by atoms with Crippen LogP contribution in [-0.4, -0.2) is 49.6 Å². The smallest absolute Gasteiger partial charge is 0.234 e. The van der Waals surface area contributed by atoms with Crippen LogP contribution in [0.3, 0.4) is 0 Å². The number of carbonyl (C=O) groups is 1.